The molecule has 0 saturated heterocycles. The number of amides is 1. The molecular weight excluding hydrogens is 376 g/mol. The van der Waals surface area contributed by atoms with Crippen molar-refractivity contribution in [1.82, 2.24) is 5.16 Å². The predicted molar refractivity (Wildman–Crippen MR) is 107 cm³/mol. The molecule has 7 heteroatoms. The number of carboxylic acid groups (broad SMARTS) is 1. The second-order valence-electron chi connectivity index (χ2n) is 5.92. The van der Waals surface area contributed by atoms with E-state index in [4.69, 9.17) is 4.52 Å². The summed E-state index contributed by atoms with van der Waals surface area (Å²) in [6, 6.07) is 17.1. The highest BCUT2D eigenvalue weighted by molar-refractivity contribution is 7.08. The lowest BCUT2D eigenvalue weighted by Gasteiger charge is -2.08. The molecule has 0 unspecified atom stereocenters. The lowest BCUT2D eigenvalue weighted by atomic mass is 9.97. The van der Waals surface area contributed by atoms with E-state index in [-0.39, 0.29) is 17.4 Å². The number of nitrogens with one attached hydrogen (secondary N) is 1. The van der Waals surface area contributed by atoms with Crippen molar-refractivity contribution in [1.29, 1.82) is 0 Å². The highest BCUT2D eigenvalue weighted by Gasteiger charge is 2.25. The minimum atomic E-state index is -1.08. The van der Waals surface area contributed by atoms with Crippen molar-refractivity contribution >= 4 is 29.1 Å². The van der Waals surface area contributed by atoms with Gasteiger partial charge in [0, 0.05) is 22.1 Å². The van der Waals surface area contributed by atoms with Gasteiger partial charge in [0.05, 0.1) is 11.1 Å². The number of aromatic nitrogens is 1. The van der Waals surface area contributed by atoms with Gasteiger partial charge in [-0.05, 0) is 29.6 Å². The molecule has 0 aliphatic heterocycles. The summed E-state index contributed by atoms with van der Waals surface area (Å²) in [6.45, 7) is 0. The van der Waals surface area contributed by atoms with Crippen molar-refractivity contribution in [3.8, 4) is 22.4 Å². The second-order valence-corrected chi connectivity index (χ2v) is 6.70. The van der Waals surface area contributed by atoms with Crippen LogP contribution in [0.1, 0.15) is 20.7 Å². The van der Waals surface area contributed by atoms with Crippen molar-refractivity contribution in [3.63, 3.8) is 0 Å². The average molecular weight is 390 g/mol. The molecule has 0 radical (unpaired) electrons. The first-order valence-electron chi connectivity index (χ1n) is 8.36. The maximum atomic E-state index is 12.6. The van der Waals surface area contributed by atoms with Gasteiger partial charge in [-0.15, -0.1) is 0 Å². The van der Waals surface area contributed by atoms with E-state index in [9.17, 15) is 14.7 Å². The van der Waals surface area contributed by atoms with Crippen LogP contribution in [-0.4, -0.2) is 22.1 Å². The molecule has 0 spiro atoms. The van der Waals surface area contributed by atoms with Crippen LogP contribution in [0, 0.1) is 0 Å². The Morgan fingerprint density at radius 1 is 1.00 bits per heavy atom. The minimum Gasteiger partial charge on any atom is -0.478 e. The molecule has 138 valence electrons. The summed E-state index contributed by atoms with van der Waals surface area (Å²) in [6.07, 6.45) is 0. The molecule has 2 heterocycles. The van der Waals surface area contributed by atoms with Gasteiger partial charge in [-0.3, -0.25) is 10.1 Å². The number of benzene rings is 2. The molecule has 2 N–H and O–H groups in total. The van der Waals surface area contributed by atoms with Crippen LogP contribution < -0.4 is 5.32 Å². The third kappa shape index (κ3) is 3.30. The number of carbonyl (C=O) groups excluding carboxylic acids is 1. The average Bonchev–Trinajstić information content (AvgIpc) is 3.38. The second kappa shape index (κ2) is 7.50. The van der Waals surface area contributed by atoms with Crippen LogP contribution in [0.25, 0.3) is 22.4 Å². The molecule has 6 nitrogen and oxygen atoms in total. The number of thiophene rings is 1. The maximum absolute atomic E-state index is 12.6. The minimum absolute atomic E-state index is 0.0948. The molecule has 0 aliphatic carbocycles. The van der Waals surface area contributed by atoms with Gasteiger partial charge in [0.15, 0.2) is 0 Å². The molecule has 0 bridgehead atoms. The Labute approximate surface area is 164 Å². The van der Waals surface area contributed by atoms with Gasteiger partial charge < -0.3 is 9.63 Å². The molecule has 2 aromatic heterocycles. The van der Waals surface area contributed by atoms with E-state index in [1.165, 1.54) is 17.4 Å². The lowest BCUT2D eigenvalue weighted by Crippen LogP contribution is -2.12. The summed E-state index contributed by atoms with van der Waals surface area (Å²) < 4.78 is 5.43. The van der Waals surface area contributed by atoms with Crippen LogP contribution in [0.15, 0.2) is 75.9 Å². The number of nitrogens with zero attached hydrogens (tertiary/aromatic N) is 1. The van der Waals surface area contributed by atoms with Crippen LogP contribution >= 0.6 is 11.3 Å². The molecule has 28 heavy (non-hydrogen) atoms. The van der Waals surface area contributed by atoms with Gasteiger partial charge >= 0.3 is 5.97 Å². The molecule has 4 rings (SSSR count). The van der Waals surface area contributed by atoms with E-state index in [0.717, 1.165) is 5.56 Å². The molecular formula is C21H14N2O4S. The van der Waals surface area contributed by atoms with E-state index >= 15 is 0 Å². The Morgan fingerprint density at radius 2 is 1.75 bits per heavy atom. The largest absolute Gasteiger partial charge is 0.478 e. The van der Waals surface area contributed by atoms with Gasteiger partial charge in [0.2, 0.25) is 5.88 Å². The standard InChI is InChI=1S/C21H14N2O4S/c24-19(13-6-2-1-3-7-13)22-20-17(15-8-4-5-9-16(15)21(25)26)18(23-27-20)14-10-11-28-12-14/h1-12H,(H,22,24)(H,25,26). The number of rotatable bonds is 5. The summed E-state index contributed by atoms with van der Waals surface area (Å²) in [4.78, 5) is 24.3. The summed E-state index contributed by atoms with van der Waals surface area (Å²) in [5.74, 6) is -1.35. The van der Waals surface area contributed by atoms with Crippen LogP contribution in [0.5, 0.6) is 0 Å². The first kappa shape index (κ1) is 17.7. The van der Waals surface area contributed by atoms with Crippen molar-refractivity contribution < 1.29 is 19.2 Å². The third-order valence-corrected chi connectivity index (χ3v) is 4.86. The highest BCUT2D eigenvalue weighted by Crippen LogP contribution is 2.40. The van der Waals surface area contributed by atoms with E-state index in [1.54, 1.807) is 42.5 Å². The fraction of sp³-hybridized carbons (Fsp3) is 0. The Bertz CT molecular complexity index is 1130. The zero-order valence-electron chi connectivity index (χ0n) is 14.5. The summed E-state index contributed by atoms with van der Waals surface area (Å²) in [5, 5.41) is 20.2. The zero-order chi connectivity index (χ0) is 19.5. The predicted octanol–water partition coefficient (Wildman–Crippen LogP) is 5.02. The van der Waals surface area contributed by atoms with Gasteiger partial charge in [0.25, 0.3) is 5.91 Å². The number of hydrogen-bond donors (Lipinski definition) is 2. The SMILES string of the molecule is O=C(Nc1onc(-c2ccsc2)c1-c1ccccc1C(=O)O)c1ccccc1. The van der Waals surface area contributed by atoms with E-state index in [2.05, 4.69) is 10.5 Å². The number of carboxylic acids is 1. The number of anilines is 1. The van der Waals surface area contributed by atoms with Crippen LogP contribution in [0.2, 0.25) is 0 Å². The molecule has 2 aromatic carbocycles. The van der Waals surface area contributed by atoms with Gasteiger partial charge in [-0.25, -0.2) is 4.79 Å². The fourth-order valence-electron chi connectivity index (χ4n) is 2.87. The Morgan fingerprint density at radius 3 is 2.46 bits per heavy atom. The Kier molecular flexibility index (Phi) is 4.74. The summed E-state index contributed by atoms with van der Waals surface area (Å²) >= 11 is 1.48. The number of carbonyl (C=O) groups is 2. The van der Waals surface area contributed by atoms with Crippen molar-refractivity contribution in [2.24, 2.45) is 0 Å². The molecule has 0 fully saturated rings. The topological polar surface area (TPSA) is 92.4 Å². The maximum Gasteiger partial charge on any atom is 0.336 e. The zero-order valence-corrected chi connectivity index (χ0v) is 15.3. The molecule has 4 aromatic rings. The first-order chi connectivity index (χ1) is 13.6. The smallest absolute Gasteiger partial charge is 0.336 e. The van der Waals surface area contributed by atoms with E-state index in [0.29, 0.717) is 22.4 Å². The van der Waals surface area contributed by atoms with Gasteiger partial charge in [-0.1, -0.05) is 41.6 Å². The van der Waals surface area contributed by atoms with Crippen molar-refractivity contribution in [2.45, 2.75) is 0 Å². The fourth-order valence-corrected chi connectivity index (χ4v) is 3.51. The van der Waals surface area contributed by atoms with Gasteiger partial charge in [0.1, 0.15) is 5.69 Å². The van der Waals surface area contributed by atoms with Crippen LogP contribution in [0.3, 0.4) is 0 Å². The van der Waals surface area contributed by atoms with Crippen LogP contribution in [0.4, 0.5) is 5.88 Å². The molecule has 0 atom stereocenters. The normalized spacial score (nSPS) is 10.6. The first-order valence-corrected chi connectivity index (χ1v) is 9.31. The lowest BCUT2D eigenvalue weighted by molar-refractivity contribution is 0.0697. The number of aromatic carboxylic acids is 1. The molecule has 0 aliphatic rings. The third-order valence-electron chi connectivity index (χ3n) is 4.18. The van der Waals surface area contributed by atoms with Crippen molar-refractivity contribution in [3.05, 3.63) is 82.6 Å². The Balaban J connectivity index is 1.85. The Hall–Kier alpha value is -3.71. The monoisotopic (exact) mass is 390 g/mol. The van der Waals surface area contributed by atoms with Gasteiger partial charge in [-0.2, -0.15) is 11.3 Å². The van der Waals surface area contributed by atoms with Crippen molar-refractivity contribution in [2.75, 3.05) is 5.32 Å². The van der Waals surface area contributed by atoms with Crippen LogP contribution in [-0.2, 0) is 0 Å². The molecule has 1 amide bonds. The highest BCUT2D eigenvalue weighted by atomic mass is 32.1. The molecule has 0 saturated carbocycles. The summed E-state index contributed by atoms with van der Waals surface area (Å²) in [7, 11) is 0. The van der Waals surface area contributed by atoms with E-state index < -0.39 is 5.97 Å². The quantitative estimate of drug-likeness (QED) is 0.499. The summed E-state index contributed by atoms with van der Waals surface area (Å²) in [5.41, 5.74) is 2.65. The number of hydrogen-bond acceptors (Lipinski definition) is 5. The van der Waals surface area contributed by atoms with E-state index in [1.807, 2.05) is 22.9 Å².